The fourth-order valence-electron chi connectivity index (χ4n) is 2.27. The van der Waals surface area contributed by atoms with Crippen molar-refractivity contribution in [3.63, 3.8) is 0 Å². The average Bonchev–Trinajstić information content (AvgIpc) is 2.53. The van der Waals surface area contributed by atoms with Crippen molar-refractivity contribution in [3.05, 3.63) is 0 Å². The largest absolute Gasteiger partial charge is 0.377 e. The second-order valence-electron chi connectivity index (χ2n) is 4.44. The molecule has 1 saturated heterocycles. The maximum Gasteiger partial charge on any atom is 0.0726 e. The zero-order valence-corrected chi connectivity index (χ0v) is 8.33. The van der Waals surface area contributed by atoms with Gasteiger partial charge in [0.25, 0.3) is 0 Å². The maximum absolute atomic E-state index is 5.73. The summed E-state index contributed by atoms with van der Waals surface area (Å²) in [6, 6.07) is 1.59. The molecule has 0 aromatic carbocycles. The smallest absolute Gasteiger partial charge is 0.0726 e. The molecule has 3 nitrogen and oxygen atoms in total. The van der Waals surface area contributed by atoms with Crippen molar-refractivity contribution >= 4 is 0 Å². The standard InChI is InChI=1S/C10H20N2O/c1-7(10-3-2-4-13-10)12-9-5-8(11)6-9/h7-10,12H,2-6,11H2,1H3. The summed E-state index contributed by atoms with van der Waals surface area (Å²) in [5.41, 5.74) is 5.73. The Balaban J connectivity index is 1.68. The van der Waals surface area contributed by atoms with Crippen molar-refractivity contribution in [1.29, 1.82) is 0 Å². The third kappa shape index (κ3) is 2.22. The van der Waals surface area contributed by atoms with Crippen LogP contribution in [0.1, 0.15) is 32.6 Å². The van der Waals surface area contributed by atoms with Gasteiger partial charge in [0.15, 0.2) is 0 Å². The molecule has 0 aromatic heterocycles. The van der Waals surface area contributed by atoms with Crippen LogP contribution in [0.25, 0.3) is 0 Å². The van der Waals surface area contributed by atoms with E-state index in [1.54, 1.807) is 0 Å². The molecule has 1 heterocycles. The summed E-state index contributed by atoms with van der Waals surface area (Å²) in [7, 11) is 0. The SMILES string of the molecule is CC(NC1CC(N)C1)C1CCCO1. The Labute approximate surface area is 80.0 Å². The monoisotopic (exact) mass is 184 g/mol. The number of hydrogen-bond acceptors (Lipinski definition) is 3. The van der Waals surface area contributed by atoms with E-state index in [4.69, 9.17) is 10.5 Å². The molecule has 3 N–H and O–H groups in total. The van der Waals surface area contributed by atoms with E-state index < -0.39 is 0 Å². The average molecular weight is 184 g/mol. The molecule has 2 unspecified atom stereocenters. The molecule has 3 heteroatoms. The second kappa shape index (κ2) is 3.95. The molecule has 1 saturated carbocycles. The van der Waals surface area contributed by atoms with Gasteiger partial charge in [0.05, 0.1) is 6.10 Å². The van der Waals surface area contributed by atoms with Gasteiger partial charge in [-0.05, 0) is 32.6 Å². The van der Waals surface area contributed by atoms with Gasteiger partial charge < -0.3 is 15.8 Å². The van der Waals surface area contributed by atoms with Gasteiger partial charge in [-0.15, -0.1) is 0 Å². The quantitative estimate of drug-likeness (QED) is 0.676. The molecule has 2 fully saturated rings. The molecule has 0 aromatic rings. The minimum Gasteiger partial charge on any atom is -0.377 e. The molecule has 1 aliphatic carbocycles. The van der Waals surface area contributed by atoms with Gasteiger partial charge in [0.1, 0.15) is 0 Å². The molecule has 76 valence electrons. The number of hydrogen-bond donors (Lipinski definition) is 2. The topological polar surface area (TPSA) is 47.3 Å². The summed E-state index contributed by atoms with van der Waals surface area (Å²) in [5.74, 6) is 0. The van der Waals surface area contributed by atoms with Gasteiger partial charge in [0.2, 0.25) is 0 Å². The first-order valence-corrected chi connectivity index (χ1v) is 5.39. The number of nitrogens with two attached hydrogens (primary N) is 1. The van der Waals surface area contributed by atoms with Gasteiger partial charge in [-0.25, -0.2) is 0 Å². The fourth-order valence-corrected chi connectivity index (χ4v) is 2.27. The lowest BCUT2D eigenvalue weighted by molar-refractivity contribution is 0.0734. The van der Waals surface area contributed by atoms with Crippen molar-refractivity contribution in [1.82, 2.24) is 5.32 Å². The van der Waals surface area contributed by atoms with Crippen LogP contribution in [0.3, 0.4) is 0 Å². The summed E-state index contributed by atoms with van der Waals surface area (Å²) in [6.45, 7) is 3.17. The van der Waals surface area contributed by atoms with E-state index in [0.29, 0.717) is 24.2 Å². The highest BCUT2D eigenvalue weighted by Gasteiger charge is 2.30. The lowest BCUT2D eigenvalue weighted by atomic mass is 9.87. The lowest BCUT2D eigenvalue weighted by Crippen LogP contribution is -2.53. The molecule has 2 atom stereocenters. The van der Waals surface area contributed by atoms with Crippen molar-refractivity contribution in [2.75, 3.05) is 6.61 Å². The van der Waals surface area contributed by atoms with E-state index in [2.05, 4.69) is 12.2 Å². The van der Waals surface area contributed by atoms with Crippen LogP contribution in [0, 0.1) is 0 Å². The summed E-state index contributed by atoms with van der Waals surface area (Å²) in [6.07, 6.45) is 5.15. The Morgan fingerprint density at radius 2 is 2.23 bits per heavy atom. The van der Waals surface area contributed by atoms with E-state index in [1.165, 1.54) is 12.8 Å². The van der Waals surface area contributed by atoms with E-state index in [9.17, 15) is 0 Å². The highest BCUT2D eigenvalue weighted by Crippen LogP contribution is 2.21. The first-order chi connectivity index (χ1) is 6.25. The van der Waals surface area contributed by atoms with Crippen LogP contribution < -0.4 is 11.1 Å². The minimum absolute atomic E-state index is 0.439. The van der Waals surface area contributed by atoms with Crippen molar-refractivity contribution in [2.45, 2.75) is 56.8 Å². The molecule has 0 radical (unpaired) electrons. The lowest BCUT2D eigenvalue weighted by Gasteiger charge is -2.36. The minimum atomic E-state index is 0.439. The van der Waals surface area contributed by atoms with Crippen LogP contribution in [0.2, 0.25) is 0 Å². The molecule has 1 aliphatic heterocycles. The number of nitrogens with one attached hydrogen (secondary N) is 1. The van der Waals surface area contributed by atoms with Crippen LogP contribution in [-0.2, 0) is 4.74 Å². The van der Waals surface area contributed by atoms with E-state index in [-0.39, 0.29) is 0 Å². The molecule has 0 spiro atoms. The van der Waals surface area contributed by atoms with Crippen LogP contribution in [0.5, 0.6) is 0 Å². The zero-order valence-electron chi connectivity index (χ0n) is 8.33. The Hall–Kier alpha value is -0.120. The summed E-state index contributed by atoms with van der Waals surface area (Å²) < 4.78 is 5.62. The Kier molecular flexibility index (Phi) is 2.86. The third-order valence-corrected chi connectivity index (χ3v) is 3.20. The predicted molar refractivity (Wildman–Crippen MR) is 52.6 cm³/mol. The predicted octanol–water partition coefficient (Wildman–Crippen LogP) is 0.633. The molecule has 0 amide bonds. The molecule has 13 heavy (non-hydrogen) atoms. The fraction of sp³-hybridized carbons (Fsp3) is 1.00. The van der Waals surface area contributed by atoms with Gasteiger partial charge in [0, 0.05) is 24.7 Å². The molecule has 2 rings (SSSR count). The Morgan fingerprint density at radius 3 is 2.77 bits per heavy atom. The van der Waals surface area contributed by atoms with Gasteiger partial charge in [-0.1, -0.05) is 0 Å². The van der Waals surface area contributed by atoms with E-state index in [1.807, 2.05) is 0 Å². The molecule has 0 bridgehead atoms. The first-order valence-electron chi connectivity index (χ1n) is 5.39. The normalized spacial score (nSPS) is 41.5. The van der Waals surface area contributed by atoms with Crippen LogP contribution >= 0.6 is 0 Å². The summed E-state index contributed by atoms with van der Waals surface area (Å²) in [5, 5.41) is 3.58. The third-order valence-electron chi connectivity index (χ3n) is 3.20. The van der Waals surface area contributed by atoms with Crippen molar-refractivity contribution in [3.8, 4) is 0 Å². The molecule has 2 aliphatic rings. The Morgan fingerprint density at radius 1 is 1.46 bits per heavy atom. The Bertz CT molecular complexity index is 162. The van der Waals surface area contributed by atoms with Crippen molar-refractivity contribution in [2.24, 2.45) is 5.73 Å². The molecular formula is C10H20N2O. The highest BCUT2D eigenvalue weighted by atomic mass is 16.5. The van der Waals surface area contributed by atoms with Gasteiger partial charge >= 0.3 is 0 Å². The van der Waals surface area contributed by atoms with Crippen LogP contribution in [-0.4, -0.2) is 30.8 Å². The first kappa shape index (κ1) is 9.44. The summed E-state index contributed by atoms with van der Waals surface area (Å²) >= 11 is 0. The number of ether oxygens (including phenoxy) is 1. The van der Waals surface area contributed by atoms with Gasteiger partial charge in [-0.3, -0.25) is 0 Å². The second-order valence-corrected chi connectivity index (χ2v) is 4.44. The zero-order chi connectivity index (χ0) is 9.26. The van der Waals surface area contributed by atoms with E-state index >= 15 is 0 Å². The number of rotatable bonds is 3. The molecular weight excluding hydrogens is 164 g/mol. The maximum atomic E-state index is 5.73. The van der Waals surface area contributed by atoms with Gasteiger partial charge in [-0.2, -0.15) is 0 Å². The summed E-state index contributed by atoms with van der Waals surface area (Å²) in [4.78, 5) is 0. The van der Waals surface area contributed by atoms with Crippen LogP contribution in [0.15, 0.2) is 0 Å². The van der Waals surface area contributed by atoms with Crippen molar-refractivity contribution < 1.29 is 4.74 Å². The van der Waals surface area contributed by atoms with Crippen LogP contribution in [0.4, 0.5) is 0 Å². The highest BCUT2D eigenvalue weighted by molar-refractivity contribution is 4.91. The van der Waals surface area contributed by atoms with E-state index in [0.717, 1.165) is 19.4 Å².